The number of aliphatic hydroxyl groups is 1. The molecule has 0 bridgehead atoms. The van der Waals surface area contributed by atoms with Crippen LogP contribution in [-0.2, 0) is 0 Å². The summed E-state index contributed by atoms with van der Waals surface area (Å²) in [4.78, 5) is 2.02. The van der Waals surface area contributed by atoms with Crippen LogP contribution in [0.25, 0.3) is 0 Å². The van der Waals surface area contributed by atoms with E-state index in [4.69, 9.17) is 5.11 Å². The molecule has 2 N–H and O–H groups in total. The Morgan fingerprint density at radius 2 is 2.27 bits per heavy atom. The fourth-order valence-electron chi connectivity index (χ4n) is 1.38. The van der Waals surface area contributed by atoms with E-state index in [9.17, 15) is 0 Å². The van der Waals surface area contributed by atoms with Crippen molar-refractivity contribution in [3.63, 3.8) is 0 Å². The maximum Gasteiger partial charge on any atom is 0.102 e. The van der Waals surface area contributed by atoms with E-state index in [2.05, 4.69) is 5.32 Å². The second-order valence-corrected chi connectivity index (χ2v) is 3.04. The van der Waals surface area contributed by atoms with Gasteiger partial charge in [-0.15, -0.1) is 0 Å². The number of rotatable bonds is 2. The lowest BCUT2D eigenvalue weighted by Gasteiger charge is -2.26. The maximum absolute atomic E-state index is 8.99. The normalized spacial score (nSPS) is 18.1. The highest BCUT2D eigenvalue weighted by atomic mass is 16.3. The molecule has 0 atom stereocenters. The van der Waals surface area contributed by atoms with Crippen molar-refractivity contribution < 1.29 is 5.11 Å². The molecular weight excluding hydrogens is 140 g/mol. The lowest BCUT2D eigenvalue weighted by atomic mass is 10.1. The Morgan fingerprint density at radius 1 is 1.55 bits per heavy atom. The topological polar surface area (TPSA) is 35.5 Å². The Kier molecular flexibility index (Phi) is 2.76. The molecule has 0 saturated carbocycles. The van der Waals surface area contributed by atoms with Gasteiger partial charge in [0.25, 0.3) is 0 Å². The second kappa shape index (κ2) is 3.62. The van der Waals surface area contributed by atoms with Crippen molar-refractivity contribution in [3.05, 3.63) is 11.4 Å². The van der Waals surface area contributed by atoms with Crippen LogP contribution in [0.2, 0.25) is 0 Å². The van der Waals surface area contributed by atoms with E-state index < -0.39 is 0 Å². The molecule has 3 heteroatoms. The lowest BCUT2D eigenvalue weighted by Crippen LogP contribution is -2.32. The summed E-state index contributed by atoms with van der Waals surface area (Å²) in [6.07, 6.45) is 2.16. The van der Waals surface area contributed by atoms with E-state index in [1.54, 1.807) is 0 Å². The average Bonchev–Trinajstić information content (AvgIpc) is 2.04. The molecule has 0 aromatic heterocycles. The number of hydrogen-bond acceptors (Lipinski definition) is 3. The Morgan fingerprint density at radius 3 is 2.73 bits per heavy atom. The van der Waals surface area contributed by atoms with Crippen molar-refractivity contribution in [1.82, 2.24) is 10.2 Å². The van der Waals surface area contributed by atoms with Gasteiger partial charge in [0, 0.05) is 20.6 Å². The summed E-state index contributed by atoms with van der Waals surface area (Å²) in [5.41, 5.74) is 1.13. The van der Waals surface area contributed by atoms with Crippen LogP contribution in [0.4, 0.5) is 0 Å². The first kappa shape index (κ1) is 8.40. The van der Waals surface area contributed by atoms with Crippen molar-refractivity contribution in [3.8, 4) is 0 Å². The molecule has 0 saturated heterocycles. The fraction of sp³-hybridized carbons (Fsp3) is 0.750. The van der Waals surface area contributed by atoms with Crippen LogP contribution in [0.1, 0.15) is 12.8 Å². The average molecular weight is 156 g/mol. The zero-order valence-electron chi connectivity index (χ0n) is 7.22. The zero-order valence-corrected chi connectivity index (χ0v) is 7.22. The van der Waals surface area contributed by atoms with Crippen LogP contribution in [0.5, 0.6) is 0 Å². The van der Waals surface area contributed by atoms with Gasteiger partial charge in [0.05, 0.1) is 6.61 Å². The molecule has 0 aromatic rings. The standard InChI is InChI=1S/C8H16N2O/c1-10(2)8-7(6-11)4-3-5-9-8/h9,11H,3-6H2,1-2H3. The summed E-state index contributed by atoms with van der Waals surface area (Å²) in [5, 5.41) is 12.3. The second-order valence-electron chi connectivity index (χ2n) is 3.04. The smallest absolute Gasteiger partial charge is 0.102 e. The predicted octanol–water partition coefficient (Wildman–Crippen LogP) is 0.135. The minimum atomic E-state index is 0.181. The summed E-state index contributed by atoms with van der Waals surface area (Å²) in [6.45, 7) is 1.21. The third-order valence-electron chi connectivity index (χ3n) is 1.92. The van der Waals surface area contributed by atoms with Crippen LogP contribution < -0.4 is 5.32 Å². The Bertz CT molecular complexity index is 163. The molecule has 1 aliphatic heterocycles. The van der Waals surface area contributed by atoms with Crippen LogP contribution in [-0.4, -0.2) is 37.3 Å². The molecule has 0 unspecified atom stereocenters. The Balaban J connectivity index is 2.73. The number of nitrogens with zero attached hydrogens (tertiary/aromatic N) is 1. The first-order valence-corrected chi connectivity index (χ1v) is 3.99. The SMILES string of the molecule is CN(C)C1=C(CO)CCCN1. The fourth-order valence-corrected chi connectivity index (χ4v) is 1.38. The molecule has 1 heterocycles. The van der Waals surface area contributed by atoms with Gasteiger partial charge in [-0.05, 0) is 18.4 Å². The molecule has 0 radical (unpaired) electrons. The highest BCUT2D eigenvalue weighted by Gasteiger charge is 2.11. The summed E-state index contributed by atoms with van der Waals surface area (Å²) in [6, 6.07) is 0. The monoisotopic (exact) mass is 156 g/mol. The third kappa shape index (κ3) is 1.87. The van der Waals surface area contributed by atoms with Crippen LogP contribution in [0.15, 0.2) is 11.4 Å². The first-order valence-electron chi connectivity index (χ1n) is 3.99. The molecule has 1 aliphatic rings. The summed E-state index contributed by atoms with van der Waals surface area (Å²) >= 11 is 0. The largest absolute Gasteiger partial charge is 0.392 e. The highest BCUT2D eigenvalue weighted by Crippen LogP contribution is 2.14. The van der Waals surface area contributed by atoms with Gasteiger partial charge in [-0.2, -0.15) is 0 Å². The Labute approximate surface area is 67.7 Å². The van der Waals surface area contributed by atoms with Crippen molar-refractivity contribution in [2.75, 3.05) is 27.2 Å². The van der Waals surface area contributed by atoms with Crippen molar-refractivity contribution in [2.45, 2.75) is 12.8 Å². The molecule has 11 heavy (non-hydrogen) atoms. The molecular formula is C8H16N2O. The molecule has 0 spiro atoms. The van der Waals surface area contributed by atoms with Gasteiger partial charge in [0.1, 0.15) is 5.82 Å². The highest BCUT2D eigenvalue weighted by molar-refractivity contribution is 5.14. The van der Waals surface area contributed by atoms with E-state index in [1.165, 1.54) is 0 Å². The van der Waals surface area contributed by atoms with Gasteiger partial charge in [-0.1, -0.05) is 0 Å². The van der Waals surface area contributed by atoms with Crippen LogP contribution in [0.3, 0.4) is 0 Å². The van der Waals surface area contributed by atoms with Crippen LogP contribution in [0, 0.1) is 0 Å². The summed E-state index contributed by atoms with van der Waals surface area (Å²) < 4.78 is 0. The minimum Gasteiger partial charge on any atom is -0.392 e. The summed E-state index contributed by atoms with van der Waals surface area (Å²) in [7, 11) is 3.98. The number of aliphatic hydroxyl groups excluding tert-OH is 1. The zero-order chi connectivity index (χ0) is 8.27. The van der Waals surface area contributed by atoms with Crippen molar-refractivity contribution in [1.29, 1.82) is 0 Å². The number of hydrogen-bond donors (Lipinski definition) is 2. The quantitative estimate of drug-likeness (QED) is 0.597. The van der Waals surface area contributed by atoms with E-state index in [0.717, 1.165) is 30.8 Å². The molecule has 1 rings (SSSR count). The molecule has 0 amide bonds. The molecule has 0 aliphatic carbocycles. The van der Waals surface area contributed by atoms with Gasteiger partial charge >= 0.3 is 0 Å². The Hall–Kier alpha value is -0.700. The maximum atomic E-state index is 8.99. The molecule has 3 nitrogen and oxygen atoms in total. The molecule has 64 valence electrons. The van der Waals surface area contributed by atoms with E-state index in [-0.39, 0.29) is 6.61 Å². The number of nitrogens with one attached hydrogen (secondary N) is 1. The van der Waals surface area contributed by atoms with Crippen molar-refractivity contribution >= 4 is 0 Å². The van der Waals surface area contributed by atoms with Gasteiger partial charge in [-0.3, -0.25) is 0 Å². The summed E-state index contributed by atoms with van der Waals surface area (Å²) in [5.74, 6) is 1.10. The van der Waals surface area contributed by atoms with Gasteiger partial charge in [0.15, 0.2) is 0 Å². The van der Waals surface area contributed by atoms with Gasteiger partial charge < -0.3 is 15.3 Å². The third-order valence-corrected chi connectivity index (χ3v) is 1.92. The van der Waals surface area contributed by atoms with Gasteiger partial charge in [-0.25, -0.2) is 0 Å². The molecule has 0 fully saturated rings. The van der Waals surface area contributed by atoms with Crippen molar-refractivity contribution in [2.24, 2.45) is 0 Å². The van der Waals surface area contributed by atoms with E-state index in [0.29, 0.717) is 0 Å². The van der Waals surface area contributed by atoms with E-state index in [1.807, 2.05) is 19.0 Å². The van der Waals surface area contributed by atoms with E-state index >= 15 is 0 Å². The van der Waals surface area contributed by atoms with Gasteiger partial charge in [0.2, 0.25) is 0 Å². The lowest BCUT2D eigenvalue weighted by molar-refractivity contribution is 0.307. The minimum absolute atomic E-state index is 0.181. The predicted molar refractivity (Wildman–Crippen MR) is 45.0 cm³/mol. The van der Waals surface area contributed by atoms with Crippen LogP contribution >= 0.6 is 0 Å². The first-order chi connectivity index (χ1) is 5.25. The molecule has 0 aromatic carbocycles.